The van der Waals surface area contributed by atoms with E-state index in [-0.39, 0.29) is 0 Å². The minimum atomic E-state index is 0.525. The fourth-order valence-corrected chi connectivity index (χ4v) is 3.75. The first kappa shape index (κ1) is 13.9. The number of imidazole rings is 1. The van der Waals surface area contributed by atoms with Crippen molar-refractivity contribution in [2.24, 2.45) is 5.41 Å². The van der Waals surface area contributed by atoms with Crippen LogP contribution in [0.4, 0.5) is 5.82 Å². The SMILES string of the molecule is CCC1(C)CCN(c2nc3sccn3c2CNC)CC1. The normalized spacial score (nSPS) is 18.9. The van der Waals surface area contributed by atoms with E-state index in [9.17, 15) is 0 Å². The number of rotatable bonds is 4. The summed E-state index contributed by atoms with van der Waals surface area (Å²) < 4.78 is 2.23. The Morgan fingerprint density at radius 3 is 2.80 bits per heavy atom. The van der Waals surface area contributed by atoms with E-state index in [4.69, 9.17) is 4.98 Å². The molecular weight excluding hydrogens is 268 g/mol. The summed E-state index contributed by atoms with van der Waals surface area (Å²) in [5, 5.41) is 5.38. The second-order valence-corrected chi connectivity index (χ2v) is 6.99. The highest BCUT2D eigenvalue weighted by Crippen LogP contribution is 2.36. The first-order valence-electron chi connectivity index (χ1n) is 7.51. The molecule has 5 heteroatoms. The largest absolute Gasteiger partial charge is 0.355 e. The maximum atomic E-state index is 4.86. The fourth-order valence-electron chi connectivity index (χ4n) is 3.02. The smallest absolute Gasteiger partial charge is 0.195 e. The second kappa shape index (κ2) is 5.37. The third-order valence-electron chi connectivity index (χ3n) is 4.81. The monoisotopic (exact) mass is 292 g/mol. The van der Waals surface area contributed by atoms with Gasteiger partial charge in [0.15, 0.2) is 10.8 Å². The van der Waals surface area contributed by atoms with Crippen LogP contribution >= 0.6 is 11.3 Å². The summed E-state index contributed by atoms with van der Waals surface area (Å²) in [6.07, 6.45) is 5.95. The Morgan fingerprint density at radius 1 is 1.40 bits per heavy atom. The molecule has 0 unspecified atom stereocenters. The molecule has 3 rings (SSSR count). The Labute approximate surface area is 124 Å². The third kappa shape index (κ3) is 2.33. The molecule has 0 radical (unpaired) electrons. The molecule has 0 atom stereocenters. The van der Waals surface area contributed by atoms with Gasteiger partial charge in [-0.25, -0.2) is 4.98 Å². The zero-order valence-corrected chi connectivity index (χ0v) is 13.5. The second-order valence-electron chi connectivity index (χ2n) is 6.12. The molecule has 2 aromatic heterocycles. The summed E-state index contributed by atoms with van der Waals surface area (Å²) in [4.78, 5) is 8.44. The average Bonchev–Trinajstić information content (AvgIpc) is 3.03. The Bertz CT molecular complexity index is 578. The number of hydrogen-bond acceptors (Lipinski definition) is 4. The van der Waals surface area contributed by atoms with E-state index in [1.807, 2.05) is 7.05 Å². The number of piperidine rings is 1. The summed E-state index contributed by atoms with van der Waals surface area (Å²) >= 11 is 1.71. The Balaban J connectivity index is 1.87. The van der Waals surface area contributed by atoms with Crippen LogP contribution in [-0.4, -0.2) is 29.5 Å². The quantitative estimate of drug-likeness (QED) is 0.939. The molecule has 3 heterocycles. The van der Waals surface area contributed by atoms with Crippen LogP contribution in [-0.2, 0) is 6.54 Å². The molecule has 0 aromatic carbocycles. The Hall–Kier alpha value is -1.07. The summed E-state index contributed by atoms with van der Waals surface area (Å²) in [6.45, 7) is 7.87. The van der Waals surface area contributed by atoms with Crippen molar-refractivity contribution in [3.63, 3.8) is 0 Å². The Kier molecular flexibility index (Phi) is 3.73. The van der Waals surface area contributed by atoms with Crippen molar-refractivity contribution in [1.82, 2.24) is 14.7 Å². The molecule has 4 nitrogen and oxygen atoms in total. The minimum absolute atomic E-state index is 0.525. The van der Waals surface area contributed by atoms with Crippen LogP contribution in [0.5, 0.6) is 0 Å². The van der Waals surface area contributed by atoms with Gasteiger partial charge in [0.05, 0.1) is 5.69 Å². The van der Waals surface area contributed by atoms with E-state index in [0.717, 1.165) is 24.6 Å². The predicted octanol–water partition coefficient (Wildman–Crippen LogP) is 3.13. The van der Waals surface area contributed by atoms with Crippen molar-refractivity contribution in [2.75, 3.05) is 25.0 Å². The van der Waals surface area contributed by atoms with Gasteiger partial charge in [-0.2, -0.15) is 0 Å². The van der Waals surface area contributed by atoms with Gasteiger partial charge in [-0.1, -0.05) is 20.3 Å². The van der Waals surface area contributed by atoms with Crippen molar-refractivity contribution in [2.45, 2.75) is 39.7 Å². The van der Waals surface area contributed by atoms with Gasteiger partial charge in [0.1, 0.15) is 0 Å². The predicted molar refractivity (Wildman–Crippen MR) is 85.7 cm³/mol. The minimum Gasteiger partial charge on any atom is -0.355 e. The Morgan fingerprint density at radius 2 is 2.15 bits per heavy atom. The van der Waals surface area contributed by atoms with Crippen LogP contribution in [0.15, 0.2) is 11.6 Å². The van der Waals surface area contributed by atoms with E-state index in [0.29, 0.717) is 5.41 Å². The lowest BCUT2D eigenvalue weighted by atomic mass is 9.78. The van der Waals surface area contributed by atoms with Gasteiger partial charge < -0.3 is 10.2 Å². The molecule has 1 aliphatic heterocycles. The molecule has 2 aromatic rings. The van der Waals surface area contributed by atoms with Gasteiger partial charge in [-0.3, -0.25) is 4.40 Å². The number of fused-ring (bicyclic) bond motifs is 1. The van der Waals surface area contributed by atoms with E-state index in [1.54, 1.807) is 11.3 Å². The number of aromatic nitrogens is 2. The maximum absolute atomic E-state index is 4.86. The topological polar surface area (TPSA) is 32.6 Å². The highest BCUT2D eigenvalue weighted by molar-refractivity contribution is 7.15. The van der Waals surface area contributed by atoms with Gasteiger partial charge >= 0.3 is 0 Å². The average molecular weight is 292 g/mol. The van der Waals surface area contributed by atoms with Crippen LogP contribution in [0.3, 0.4) is 0 Å². The van der Waals surface area contributed by atoms with Crippen LogP contribution in [0.2, 0.25) is 0 Å². The molecule has 1 aliphatic rings. The summed E-state index contributed by atoms with van der Waals surface area (Å²) in [6, 6.07) is 0. The number of nitrogens with one attached hydrogen (secondary N) is 1. The lowest BCUT2D eigenvalue weighted by molar-refractivity contribution is 0.237. The van der Waals surface area contributed by atoms with Crippen LogP contribution in [0.1, 0.15) is 38.8 Å². The van der Waals surface area contributed by atoms with Gasteiger partial charge in [-0.05, 0) is 25.3 Å². The van der Waals surface area contributed by atoms with Crippen molar-refractivity contribution < 1.29 is 0 Å². The summed E-state index contributed by atoms with van der Waals surface area (Å²) in [5.41, 5.74) is 1.82. The summed E-state index contributed by atoms with van der Waals surface area (Å²) in [7, 11) is 2.00. The van der Waals surface area contributed by atoms with E-state index in [2.05, 4.69) is 40.0 Å². The molecule has 20 heavy (non-hydrogen) atoms. The molecule has 0 spiro atoms. The molecule has 1 fully saturated rings. The molecule has 0 aliphatic carbocycles. The van der Waals surface area contributed by atoms with Gasteiger partial charge in [0.2, 0.25) is 0 Å². The molecule has 1 N–H and O–H groups in total. The first-order valence-corrected chi connectivity index (χ1v) is 8.39. The third-order valence-corrected chi connectivity index (χ3v) is 5.56. The molecule has 110 valence electrons. The van der Waals surface area contributed by atoms with E-state index < -0.39 is 0 Å². The van der Waals surface area contributed by atoms with Crippen LogP contribution in [0, 0.1) is 5.41 Å². The molecule has 0 bridgehead atoms. The van der Waals surface area contributed by atoms with E-state index in [1.165, 1.54) is 30.8 Å². The standard InChI is InChI=1S/C15H24N4S/c1-4-15(2)5-7-18(8-6-15)13-12(11-16-3)19-9-10-20-14(19)17-13/h9-10,16H,4-8,11H2,1-3H3. The van der Waals surface area contributed by atoms with Crippen molar-refractivity contribution in [1.29, 1.82) is 0 Å². The van der Waals surface area contributed by atoms with Gasteiger partial charge in [-0.15, -0.1) is 11.3 Å². The maximum Gasteiger partial charge on any atom is 0.195 e. The highest BCUT2D eigenvalue weighted by Gasteiger charge is 2.30. The number of thiazole rings is 1. The highest BCUT2D eigenvalue weighted by atomic mass is 32.1. The van der Waals surface area contributed by atoms with Gasteiger partial charge in [0.25, 0.3) is 0 Å². The number of hydrogen-bond donors (Lipinski definition) is 1. The van der Waals surface area contributed by atoms with Crippen molar-refractivity contribution >= 4 is 22.1 Å². The number of anilines is 1. The molecule has 0 saturated carbocycles. The molecular formula is C15H24N4S. The lowest BCUT2D eigenvalue weighted by Crippen LogP contribution is -2.39. The van der Waals surface area contributed by atoms with Crippen LogP contribution in [0.25, 0.3) is 4.96 Å². The van der Waals surface area contributed by atoms with Gasteiger partial charge in [0, 0.05) is 31.2 Å². The van der Waals surface area contributed by atoms with Crippen molar-refractivity contribution in [3.8, 4) is 0 Å². The number of nitrogens with zero attached hydrogens (tertiary/aromatic N) is 3. The summed E-state index contributed by atoms with van der Waals surface area (Å²) in [5.74, 6) is 1.18. The van der Waals surface area contributed by atoms with Crippen LogP contribution < -0.4 is 10.2 Å². The fraction of sp³-hybridized carbons (Fsp3) is 0.667. The molecule has 1 saturated heterocycles. The van der Waals surface area contributed by atoms with E-state index >= 15 is 0 Å². The zero-order chi connectivity index (χ0) is 14.2. The molecule has 0 amide bonds. The van der Waals surface area contributed by atoms with Crippen molar-refractivity contribution in [3.05, 3.63) is 17.3 Å². The first-order chi connectivity index (χ1) is 9.67. The lowest BCUT2D eigenvalue weighted by Gasteiger charge is -2.39. The zero-order valence-electron chi connectivity index (χ0n) is 12.6.